The SMILES string of the molecule is CCCCc1ccc(-c2ccc(C(=O)NCCC(=O)N[C@@H](CCCCN)C(=O)N[C@H](C(=O)N[C@@H](C)C(=O)N[C@@H](CC(N)=O)C(=O)N[C@@H](C)B3OC4C[C@@H]5C[C@@H](C5(C)C)[C@]4(C)O3)C(C)O)cc2)cc1. The van der Waals surface area contributed by atoms with Gasteiger partial charge < -0.3 is 57.8 Å². The van der Waals surface area contributed by atoms with Gasteiger partial charge in [-0.2, -0.15) is 0 Å². The number of rotatable bonds is 25. The molecule has 1 aliphatic heterocycles. The highest BCUT2D eigenvalue weighted by atomic mass is 16.7. The molecule has 68 heavy (non-hydrogen) atoms. The number of nitrogens with two attached hydrogens (primary N) is 2. The summed E-state index contributed by atoms with van der Waals surface area (Å²) in [5.74, 6) is -4.89. The largest absolute Gasteiger partial charge is 0.481 e. The van der Waals surface area contributed by atoms with Gasteiger partial charge in [-0.15, -0.1) is 0 Å². The topological polar surface area (TPSA) is 282 Å². The highest BCUT2D eigenvalue weighted by Gasteiger charge is 2.68. The number of primary amides is 1. The van der Waals surface area contributed by atoms with E-state index in [4.69, 9.17) is 20.8 Å². The van der Waals surface area contributed by atoms with E-state index in [-0.39, 0.29) is 36.8 Å². The summed E-state index contributed by atoms with van der Waals surface area (Å²) < 4.78 is 12.7. The number of benzene rings is 2. The molecule has 0 radical (unpaired) electrons. The first-order valence-electron chi connectivity index (χ1n) is 24.2. The maximum absolute atomic E-state index is 13.6. The Bertz CT molecular complexity index is 2110. The molecule has 18 nitrogen and oxygen atoms in total. The molecule has 0 spiro atoms. The Hall–Kier alpha value is -5.37. The molecule has 3 saturated carbocycles. The lowest BCUT2D eigenvalue weighted by atomic mass is 9.43. The number of aliphatic hydroxyl groups is 1. The van der Waals surface area contributed by atoms with Crippen LogP contribution in [-0.4, -0.2) is 115 Å². The summed E-state index contributed by atoms with van der Waals surface area (Å²) in [6, 6.07) is 10.1. The molecule has 2 bridgehead atoms. The first-order chi connectivity index (χ1) is 32.2. The highest BCUT2D eigenvalue weighted by molar-refractivity contribution is 6.47. The van der Waals surface area contributed by atoms with E-state index in [1.54, 1.807) is 19.1 Å². The van der Waals surface area contributed by atoms with Gasteiger partial charge in [-0.05, 0) is 125 Å². The van der Waals surface area contributed by atoms with Crippen molar-refractivity contribution in [3.8, 4) is 11.1 Å². The van der Waals surface area contributed by atoms with Gasteiger partial charge in [0.1, 0.15) is 24.2 Å². The molecule has 7 amide bonds. The van der Waals surface area contributed by atoms with Crippen LogP contribution >= 0.6 is 0 Å². The zero-order chi connectivity index (χ0) is 49.9. The number of unbranched alkanes of at least 4 members (excludes halogenated alkanes) is 2. The van der Waals surface area contributed by atoms with Gasteiger partial charge in [-0.25, -0.2) is 0 Å². The van der Waals surface area contributed by atoms with Crippen molar-refractivity contribution in [1.29, 1.82) is 0 Å². The van der Waals surface area contributed by atoms with Crippen molar-refractivity contribution in [1.82, 2.24) is 31.9 Å². The number of aliphatic hydroxyl groups excluding tert-OH is 1. The average Bonchev–Trinajstić information content (AvgIpc) is 3.67. The number of hydrogen-bond donors (Lipinski definition) is 9. The second-order valence-corrected chi connectivity index (χ2v) is 19.6. The maximum Gasteiger partial charge on any atom is 0.481 e. The molecule has 4 fully saturated rings. The summed E-state index contributed by atoms with van der Waals surface area (Å²) in [5, 5.41) is 26.2. The van der Waals surface area contributed by atoms with E-state index in [1.165, 1.54) is 19.4 Å². The molecule has 1 heterocycles. The Morgan fingerprint density at radius 2 is 1.44 bits per heavy atom. The molecule has 0 aromatic heterocycles. The van der Waals surface area contributed by atoms with Gasteiger partial charge in [0.25, 0.3) is 5.91 Å². The number of aryl methyl sites for hydroxylation is 1. The highest BCUT2D eigenvalue weighted by Crippen LogP contribution is 2.65. The standard InChI is InChI=1S/C49H73BN8O10/c1-8-9-12-31-14-16-32(17-15-31)33-18-20-34(21-19-33)44(63)53-24-22-41(61)56-36(13-10-11-23-51)45(64)58-42(29(3)59)47(66)54-28(2)43(62)57-37(27-40(52)60)46(65)55-30(4)50-67-39-26-35-25-38(48(35,5)6)49(39,7)68-50/h14-21,28-30,35-39,42,59H,8-13,22-27,51H2,1-7H3,(H2,52,60)(H,53,63)(H,54,66)(H,55,65)(H,56,61)(H,57,62)(H,58,64)/t28-,29?,30-,35-,36-,37-,38-,39?,42-,49-/m0/s1. The second-order valence-electron chi connectivity index (χ2n) is 19.6. The van der Waals surface area contributed by atoms with Crippen LogP contribution in [0.15, 0.2) is 48.5 Å². The molecular formula is C49H73BN8O10. The second kappa shape index (κ2) is 23.8. The summed E-state index contributed by atoms with van der Waals surface area (Å²) in [4.78, 5) is 92.0. The molecule has 2 aromatic rings. The number of carbonyl (C=O) groups excluding carboxylic acids is 7. The number of amides is 7. The van der Waals surface area contributed by atoms with E-state index < -0.39 is 90.8 Å². The predicted molar refractivity (Wildman–Crippen MR) is 257 cm³/mol. The lowest BCUT2D eigenvalue weighted by molar-refractivity contribution is -0.199. The van der Waals surface area contributed by atoms with Crippen LogP contribution in [0, 0.1) is 17.3 Å². The van der Waals surface area contributed by atoms with E-state index in [9.17, 15) is 38.7 Å². The molecule has 19 heteroatoms. The van der Waals surface area contributed by atoms with E-state index in [1.807, 2.05) is 12.1 Å². The van der Waals surface area contributed by atoms with Gasteiger partial charge in [0.05, 0.1) is 30.2 Å². The maximum atomic E-state index is 13.6. The third kappa shape index (κ3) is 13.4. The fourth-order valence-electron chi connectivity index (χ4n) is 9.72. The van der Waals surface area contributed by atoms with Crippen molar-refractivity contribution in [2.24, 2.45) is 28.7 Å². The Balaban J connectivity index is 1.10. The quantitative estimate of drug-likeness (QED) is 0.0512. The number of hydrogen-bond acceptors (Lipinski definition) is 11. The summed E-state index contributed by atoms with van der Waals surface area (Å²) in [5.41, 5.74) is 14.4. The number of nitrogens with one attached hydrogen (secondary N) is 6. The van der Waals surface area contributed by atoms with Crippen molar-refractivity contribution < 1.29 is 48.0 Å². The average molecular weight is 945 g/mol. The van der Waals surface area contributed by atoms with Gasteiger partial charge in [-0.1, -0.05) is 63.6 Å². The summed E-state index contributed by atoms with van der Waals surface area (Å²) in [6.45, 7) is 13.3. The molecule has 372 valence electrons. The Kier molecular flexibility index (Phi) is 18.7. The van der Waals surface area contributed by atoms with Crippen LogP contribution in [0.3, 0.4) is 0 Å². The van der Waals surface area contributed by atoms with Gasteiger partial charge >= 0.3 is 7.12 Å². The van der Waals surface area contributed by atoms with E-state index in [0.29, 0.717) is 36.8 Å². The monoisotopic (exact) mass is 945 g/mol. The zero-order valence-corrected chi connectivity index (χ0v) is 40.7. The minimum atomic E-state index is -1.57. The molecule has 4 aliphatic rings. The summed E-state index contributed by atoms with van der Waals surface area (Å²) >= 11 is 0. The molecule has 1 saturated heterocycles. The number of carbonyl (C=O) groups is 7. The smallest absolute Gasteiger partial charge is 0.404 e. The van der Waals surface area contributed by atoms with Crippen molar-refractivity contribution >= 4 is 48.5 Å². The third-order valence-electron chi connectivity index (χ3n) is 14.1. The van der Waals surface area contributed by atoms with Crippen LogP contribution in [-0.2, 0) is 44.5 Å². The lowest BCUT2D eigenvalue weighted by Crippen LogP contribution is -2.65. The van der Waals surface area contributed by atoms with E-state index in [2.05, 4.69) is 83.9 Å². The lowest BCUT2D eigenvalue weighted by Gasteiger charge is -2.64. The molecule has 2 aromatic carbocycles. The first-order valence-corrected chi connectivity index (χ1v) is 24.2. The minimum Gasteiger partial charge on any atom is -0.404 e. The molecule has 2 unspecified atom stereocenters. The molecule has 6 rings (SSSR count). The van der Waals surface area contributed by atoms with Crippen LogP contribution < -0.4 is 43.4 Å². The van der Waals surface area contributed by atoms with Gasteiger partial charge in [0.2, 0.25) is 35.4 Å². The van der Waals surface area contributed by atoms with E-state index in [0.717, 1.165) is 43.2 Å². The Morgan fingerprint density at radius 3 is 2.04 bits per heavy atom. The molecular weight excluding hydrogens is 871 g/mol. The first kappa shape index (κ1) is 53.6. The third-order valence-corrected chi connectivity index (χ3v) is 14.1. The normalized spacial score (nSPS) is 22.7. The van der Waals surface area contributed by atoms with Crippen LogP contribution in [0.4, 0.5) is 0 Å². The van der Waals surface area contributed by atoms with Crippen molar-refractivity contribution in [3.63, 3.8) is 0 Å². The van der Waals surface area contributed by atoms with Crippen molar-refractivity contribution in [3.05, 3.63) is 59.7 Å². The van der Waals surface area contributed by atoms with Gasteiger partial charge in [-0.3, -0.25) is 33.6 Å². The Morgan fingerprint density at radius 1 is 0.794 bits per heavy atom. The molecule has 10 atom stereocenters. The molecule has 11 N–H and O–H groups in total. The molecule has 3 aliphatic carbocycles. The fourth-order valence-corrected chi connectivity index (χ4v) is 9.72. The van der Waals surface area contributed by atoms with Crippen molar-refractivity contribution in [2.45, 2.75) is 161 Å². The zero-order valence-electron chi connectivity index (χ0n) is 40.7. The van der Waals surface area contributed by atoms with E-state index >= 15 is 0 Å². The van der Waals surface area contributed by atoms with Crippen LogP contribution in [0.1, 0.15) is 122 Å². The minimum absolute atomic E-state index is 0.0228. The summed E-state index contributed by atoms with van der Waals surface area (Å²) in [7, 11) is -0.764. The van der Waals surface area contributed by atoms with Gasteiger partial charge in [0.15, 0.2) is 0 Å². The summed E-state index contributed by atoms with van der Waals surface area (Å²) in [6.07, 6.45) is 4.06. The predicted octanol–water partition coefficient (Wildman–Crippen LogP) is 1.93. The fraction of sp³-hybridized carbons (Fsp3) is 0.612. The van der Waals surface area contributed by atoms with Crippen LogP contribution in [0.2, 0.25) is 0 Å². The van der Waals surface area contributed by atoms with Crippen LogP contribution in [0.25, 0.3) is 11.1 Å². The van der Waals surface area contributed by atoms with Crippen LogP contribution in [0.5, 0.6) is 0 Å². The van der Waals surface area contributed by atoms with Crippen molar-refractivity contribution in [2.75, 3.05) is 13.1 Å². The Labute approximate surface area is 400 Å². The van der Waals surface area contributed by atoms with Gasteiger partial charge in [0, 0.05) is 18.5 Å².